The lowest BCUT2D eigenvalue weighted by Crippen LogP contribution is -2.17. The van der Waals surface area contributed by atoms with Crippen molar-refractivity contribution in [2.75, 3.05) is 5.32 Å². The van der Waals surface area contributed by atoms with E-state index in [0.29, 0.717) is 22.6 Å². The van der Waals surface area contributed by atoms with Gasteiger partial charge in [0.1, 0.15) is 17.3 Å². The third-order valence-corrected chi connectivity index (χ3v) is 4.76. The molecule has 1 heterocycles. The smallest absolute Gasteiger partial charge is 0.274 e. The van der Waals surface area contributed by atoms with Crippen LogP contribution in [0.2, 0.25) is 0 Å². The Morgan fingerprint density at radius 1 is 0.867 bits per heavy atom. The van der Waals surface area contributed by atoms with Gasteiger partial charge in [0.15, 0.2) is 0 Å². The molecular formula is C24H19F2N3O. The number of hydrogen-bond donors (Lipinski definition) is 1. The van der Waals surface area contributed by atoms with E-state index in [4.69, 9.17) is 0 Å². The number of hydrogen-bond acceptors (Lipinski definition) is 2. The van der Waals surface area contributed by atoms with E-state index in [1.54, 1.807) is 22.9 Å². The minimum Gasteiger partial charge on any atom is -0.321 e. The van der Waals surface area contributed by atoms with Crippen LogP contribution in [0.3, 0.4) is 0 Å². The number of nitrogens with one attached hydrogen (secondary N) is 1. The number of rotatable bonds is 4. The highest BCUT2D eigenvalue weighted by molar-refractivity contribution is 6.04. The van der Waals surface area contributed by atoms with Gasteiger partial charge in [0, 0.05) is 11.3 Å². The zero-order valence-electron chi connectivity index (χ0n) is 16.5. The molecule has 1 amide bonds. The van der Waals surface area contributed by atoms with Crippen LogP contribution in [0.4, 0.5) is 14.5 Å². The number of aromatic nitrogens is 2. The molecule has 150 valence electrons. The fourth-order valence-electron chi connectivity index (χ4n) is 3.26. The standard InChI is InChI=1S/C24H19F2N3O/c1-15-3-12-22(16(2)13-15)29-23(24(30)27-20-10-8-19(26)9-11-20)14-21(28-29)17-4-6-18(25)7-5-17/h3-14H,1-2H3,(H,27,30). The monoisotopic (exact) mass is 403 g/mol. The second-order valence-electron chi connectivity index (χ2n) is 7.08. The maximum atomic E-state index is 13.3. The number of aryl methyl sites for hydroxylation is 2. The predicted molar refractivity (Wildman–Crippen MR) is 113 cm³/mol. The number of carbonyl (C=O) groups is 1. The largest absolute Gasteiger partial charge is 0.321 e. The highest BCUT2D eigenvalue weighted by atomic mass is 19.1. The first kappa shape index (κ1) is 19.5. The lowest BCUT2D eigenvalue weighted by Gasteiger charge is -2.11. The Kier molecular flexibility index (Phi) is 5.14. The fourth-order valence-corrected chi connectivity index (χ4v) is 3.26. The van der Waals surface area contributed by atoms with Gasteiger partial charge >= 0.3 is 0 Å². The maximum absolute atomic E-state index is 13.3. The summed E-state index contributed by atoms with van der Waals surface area (Å²) in [6.07, 6.45) is 0. The van der Waals surface area contributed by atoms with Crippen LogP contribution in [0, 0.1) is 25.5 Å². The zero-order valence-corrected chi connectivity index (χ0v) is 16.5. The number of anilines is 1. The summed E-state index contributed by atoms with van der Waals surface area (Å²) in [4.78, 5) is 13.0. The SMILES string of the molecule is Cc1ccc(-n2nc(-c3ccc(F)cc3)cc2C(=O)Nc2ccc(F)cc2)c(C)c1. The quantitative estimate of drug-likeness (QED) is 0.476. The summed E-state index contributed by atoms with van der Waals surface area (Å²) in [6.45, 7) is 3.94. The second kappa shape index (κ2) is 7.91. The van der Waals surface area contributed by atoms with Gasteiger partial charge in [-0.2, -0.15) is 5.10 Å². The predicted octanol–water partition coefficient (Wildman–Crippen LogP) is 5.69. The molecule has 0 aliphatic heterocycles. The van der Waals surface area contributed by atoms with Crippen molar-refractivity contribution in [1.29, 1.82) is 0 Å². The Labute approximate surface area is 172 Å². The van der Waals surface area contributed by atoms with Crippen LogP contribution in [0.25, 0.3) is 16.9 Å². The van der Waals surface area contributed by atoms with Gasteiger partial charge in [0.05, 0.1) is 11.4 Å². The molecule has 3 aromatic carbocycles. The van der Waals surface area contributed by atoms with E-state index in [9.17, 15) is 13.6 Å². The van der Waals surface area contributed by atoms with Gasteiger partial charge < -0.3 is 5.32 Å². The zero-order chi connectivity index (χ0) is 21.3. The molecule has 0 aliphatic carbocycles. The Hall–Kier alpha value is -3.80. The summed E-state index contributed by atoms with van der Waals surface area (Å²) < 4.78 is 28.1. The lowest BCUT2D eigenvalue weighted by molar-refractivity contribution is 0.101. The molecule has 1 N–H and O–H groups in total. The molecule has 30 heavy (non-hydrogen) atoms. The maximum Gasteiger partial charge on any atom is 0.274 e. The van der Waals surface area contributed by atoms with Gasteiger partial charge in [-0.05, 0) is 80.1 Å². The minimum atomic E-state index is -0.387. The van der Waals surface area contributed by atoms with Crippen molar-refractivity contribution >= 4 is 11.6 Å². The number of benzene rings is 3. The van der Waals surface area contributed by atoms with Crippen LogP contribution in [0.1, 0.15) is 21.6 Å². The molecule has 4 rings (SSSR count). The molecule has 0 aliphatic rings. The first-order valence-electron chi connectivity index (χ1n) is 9.41. The number of amides is 1. The van der Waals surface area contributed by atoms with Gasteiger partial charge in [0.25, 0.3) is 5.91 Å². The van der Waals surface area contributed by atoms with Crippen molar-refractivity contribution in [2.45, 2.75) is 13.8 Å². The Balaban J connectivity index is 1.79. The van der Waals surface area contributed by atoms with E-state index in [2.05, 4.69) is 10.4 Å². The topological polar surface area (TPSA) is 46.9 Å². The Morgan fingerprint density at radius 3 is 2.13 bits per heavy atom. The molecule has 0 atom stereocenters. The van der Waals surface area contributed by atoms with Crippen LogP contribution in [-0.4, -0.2) is 15.7 Å². The van der Waals surface area contributed by atoms with E-state index >= 15 is 0 Å². The van der Waals surface area contributed by atoms with Crippen molar-refractivity contribution in [3.8, 4) is 16.9 Å². The van der Waals surface area contributed by atoms with Crippen molar-refractivity contribution in [3.63, 3.8) is 0 Å². The summed E-state index contributed by atoms with van der Waals surface area (Å²) in [7, 11) is 0. The molecule has 0 bridgehead atoms. The van der Waals surface area contributed by atoms with Gasteiger partial charge in [0.2, 0.25) is 0 Å². The fraction of sp³-hybridized carbons (Fsp3) is 0.0833. The highest BCUT2D eigenvalue weighted by Gasteiger charge is 2.19. The van der Waals surface area contributed by atoms with Gasteiger partial charge in [-0.25, -0.2) is 13.5 Å². The van der Waals surface area contributed by atoms with Crippen LogP contribution >= 0.6 is 0 Å². The molecule has 0 radical (unpaired) electrons. The molecule has 0 fully saturated rings. The Morgan fingerprint density at radius 2 is 1.50 bits per heavy atom. The molecule has 6 heteroatoms. The second-order valence-corrected chi connectivity index (χ2v) is 7.08. The van der Waals surface area contributed by atoms with Crippen LogP contribution in [0.15, 0.2) is 72.8 Å². The van der Waals surface area contributed by atoms with Crippen LogP contribution < -0.4 is 5.32 Å². The van der Waals surface area contributed by atoms with Gasteiger partial charge in [-0.1, -0.05) is 17.7 Å². The average Bonchev–Trinajstić information content (AvgIpc) is 3.15. The average molecular weight is 403 g/mol. The summed E-state index contributed by atoms with van der Waals surface area (Å²) >= 11 is 0. The van der Waals surface area contributed by atoms with Crippen LogP contribution in [0.5, 0.6) is 0 Å². The molecule has 0 saturated carbocycles. The van der Waals surface area contributed by atoms with Crippen LogP contribution in [-0.2, 0) is 0 Å². The highest BCUT2D eigenvalue weighted by Crippen LogP contribution is 2.25. The van der Waals surface area contributed by atoms with Crippen molar-refractivity contribution in [3.05, 3.63) is 101 Å². The van der Waals surface area contributed by atoms with Crippen molar-refractivity contribution in [2.24, 2.45) is 0 Å². The van der Waals surface area contributed by atoms with E-state index in [1.165, 1.54) is 36.4 Å². The number of halogens is 2. The summed E-state index contributed by atoms with van der Waals surface area (Å²) in [5, 5.41) is 7.39. The molecule has 0 spiro atoms. The summed E-state index contributed by atoms with van der Waals surface area (Å²) in [5.74, 6) is -1.11. The van der Waals surface area contributed by atoms with Crippen molar-refractivity contribution < 1.29 is 13.6 Å². The molecule has 1 aromatic heterocycles. The summed E-state index contributed by atoms with van der Waals surface area (Å²) in [5.41, 5.74) is 4.83. The normalized spacial score (nSPS) is 10.8. The lowest BCUT2D eigenvalue weighted by atomic mass is 10.1. The Bertz CT molecular complexity index is 1210. The van der Waals surface area contributed by atoms with Crippen molar-refractivity contribution in [1.82, 2.24) is 9.78 Å². The minimum absolute atomic E-state index is 0.311. The molecule has 4 aromatic rings. The molecular weight excluding hydrogens is 384 g/mol. The third-order valence-electron chi connectivity index (χ3n) is 4.76. The third kappa shape index (κ3) is 3.98. The first-order chi connectivity index (χ1) is 14.4. The van der Waals surface area contributed by atoms with Gasteiger partial charge in [-0.15, -0.1) is 0 Å². The van der Waals surface area contributed by atoms with E-state index in [-0.39, 0.29) is 17.5 Å². The van der Waals surface area contributed by atoms with Gasteiger partial charge in [-0.3, -0.25) is 4.79 Å². The summed E-state index contributed by atoms with van der Waals surface area (Å²) in [6, 6.07) is 19.0. The molecule has 0 saturated heterocycles. The molecule has 4 nitrogen and oxygen atoms in total. The van der Waals surface area contributed by atoms with E-state index in [1.807, 2.05) is 32.0 Å². The number of nitrogens with zero attached hydrogens (tertiary/aromatic N) is 2. The van der Waals surface area contributed by atoms with E-state index < -0.39 is 0 Å². The first-order valence-corrected chi connectivity index (χ1v) is 9.41. The molecule has 0 unspecified atom stereocenters. The number of carbonyl (C=O) groups excluding carboxylic acids is 1. The van der Waals surface area contributed by atoms with E-state index in [0.717, 1.165) is 16.8 Å².